The molecule has 0 N–H and O–H groups in total. The summed E-state index contributed by atoms with van der Waals surface area (Å²) in [7, 11) is 0. The smallest absolute Gasteiger partial charge is 0.360 e. The second-order valence-corrected chi connectivity index (χ2v) is 5.99. The van der Waals surface area contributed by atoms with Crippen molar-refractivity contribution in [3.63, 3.8) is 0 Å². The third-order valence-electron chi connectivity index (χ3n) is 3.16. The van der Waals surface area contributed by atoms with E-state index in [2.05, 4.69) is 36.3 Å². The van der Waals surface area contributed by atoms with E-state index < -0.39 is 0 Å². The SMILES string of the molecule is CCCc1c(C(=O)OCC)nnn1Cc1ccc(CC)s1. The standard InChI is InChI=1S/C15H21N3O2S/c1-4-7-13-14(15(19)20-6-3)16-17-18(13)10-12-9-8-11(5-2)21-12/h8-9H,4-7,10H2,1-3H3. The number of carbonyl (C=O) groups is 1. The highest BCUT2D eigenvalue weighted by Gasteiger charge is 2.20. The average molecular weight is 307 g/mol. The molecule has 21 heavy (non-hydrogen) atoms. The lowest BCUT2D eigenvalue weighted by Crippen LogP contribution is -2.11. The van der Waals surface area contributed by atoms with Crippen LogP contribution in [0, 0.1) is 0 Å². The average Bonchev–Trinajstić information content (AvgIpc) is 3.08. The van der Waals surface area contributed by atoms with Crippen LogP contribution >= 0.6 is 11.3 Å². The number of aryl methyl sites for hydroxylation is 1. The summed E-state index contributed by atoms with van der Waals surface area (Å²) in [6.45, 7) is 7.02. The summed E-state index contributed by atoms with van der Waals surface area (Å²) >= 11 is 1.78. The van der Waals surface area contributed by atoms with Crippen LogP contribution in [0.15, 0.2) is 12.1 Å². The topological polar surface area (TPSA) is 57.0 Å². The van der Waals surface area contributed by atoms with Crippen LogP contribution in [-0.2, 0) is 24.1 Å². The van der Waals surface area contributed by atoms with Crippen molar-refractivity contribution in [1.82, 2.24) is 15.0 Å². The second kappa shape index (κ2) is 7.36. The molecule has 0 aliphatic heterocycles. The largest absolute Gasteiger partial charge is 0.461 e. The number of aromatic nitrogens is 3. The van der Waals surface area contributed by atoms with E-state index >= 15 is 0 Å². The zero-order chi connectivity index (χ0) is 15.2. The first kappa shape index (κ1) is 15.7. The van der Waals surface area contributed by atoms with Gasteiger partial charge in [0.25, 0.3) is 0 Å². The minimum Gasteiger partial charge on any atom is -0.461 e. The molecule has 2 aromatic heterocycles. The molecule has 0 aliphatic carbocycles. The zero-order valence-corrected chi connectivity index (χ0v) is 13.6. The summed E-state index contributed by atoms with van der Waals surface area (Å²) in [5.41, 5.74) is 1.22. The van der Waals surface area contributed by atoms with E-state index in [-0.39, 0.29) is 5.97 Å². The Hall–Kier alpha value is -1.69. The first-order valence-corrected chi connectivity index (χ1v) is 8.18. The van der Waals surface area contributed by atoms with Crippen molar-refractivity contribution in [3.8, 4) is 0 Å². The van der Waals surface area contributed by atoms with Crippen molar-refractivity contribution in [3.05, 3.63) is 33.3 Å². The predicted octanol–water partition coefficient (Wildman–Crippen LogP) is 3.08. The summed E-state index contributed by atoms with van der Waals surface area (Å²) in [5, 5.41) is 8.16. The number of thiophene rings is 1. The summed E-state index contributed by atoms with van der Waals surface area (Å²) in [6, 6.07) is 4.26. The first-order chi connectivity index (χ1) is 10.2. The molecule has 0 aromatic carbocycles. The molecule has 0 saturated heterocycles. The van der Waals surface area contributed by atoms with Crippen molar-refractivity contribution >= 4 is 17.3 Å². The van der Waals surface area contributed by atoms with Gasteiger partial charge in [-0.25, -0.2) is 9.48 Å². The Bertz CT molecular complexity index is 604. The fourth-order valence-corrected chi connectivity index (χ4v) is 3.09. The molecule has 0 bridgehead atoms. The van der Waals surface area contributed by atoms with Gasteiger partial charge >= 0.3 is 5.97 Å². The van der Waals surface area contributed by atoms with Crippen LogP contribution < -0.4 is 0 Å². The van der Waals surface area contributed by atoms with Gasteiger partial charge in [0.2, 0.25) is 0 Å². The lowest BCUT2D eigenvalue weighted by molar-refractivity contribution is 0.0518. The molecule has 0 spiro atoms. The van der Waals surface area contributed by atoms with Crippen LogP contribution in [0.5, 0.6) is 0 Å². The van der Waals surface area contributed by atoms with E-state index in [0.29, 0.717) is 18.8 Å². The predicted molar refractivity (Wildman–Crippen MR) is 82.8 cm³/mol. The van der Waals surface area contributed by atoms with Crippen molar-refractivity contribution in [2.24, 2.45) is 0 Å². The molecule has 0 aliphatic rings. The van der Waals surface area contributed by atoms with Crippen molar-refractivity contribution in [2.45, 2.75) is 46.6 Å². The number of nitrogens with zero attached hydrogens (tertiary/aromatic N) is 3. The lowest BCUT2D eigenvalue weighted by Gasteiger charge is -2.05. The number of ether oxygens (including phenoxy) is 1. The van der Waals surface area contributed by atoms with Crippen LogP contribution in [0.4, 0.5) is 0 Å². The van der Waals surface area contributed by atoms with E-state index in [0.717, 1.165) is 25.0 Å². The molecule has 2 heterocycles. The number of esters is 1. The highest BCUT2D eigenvalue weighted by molar-refractivity contribution is 7.11. The quantitative estimate of drug-likeness (QED) is 0.738. The molecular formula is C15H21N3O2S. The number of hydrogen-bond acceptors (Lipinski definition) is 5. The van der Waals surface area contributed by atoms with Crippen LogP contribution in [0.25, 0.3) is 0 Å². The molecule has 2 rings (SSSR count). The minimum atomic E-state index is -0.382. The third-order valence-corrected chi connectivity index (χ3v) is 4.38. The van der Waals surface area contributed by atoms with E-state index in [1.807, 2.05) is 4.68 Å². The lowest BCUT2D eigenvalue weighted by atomic mass is 10.2. The van der Waals surface area contributed by atoms with Gasteiger partial charge in [0, 0.05) is 9.75 Å². The Morgan fingerprint density at radius 1 is 1.29 bits per heavy atom. The Morgan fingerprint density at radius 3 is 2.67 bits per heavy atom. The minimum absolute atomic E-state index is 0.349. The van der Waals surface area contributed by atoms with Crippen LogP contribution in [0.1, 0.15) is 53.1 Å². The maximum Gasteiger partial charge on any atom is 0.360 e. The maximum absolute atomic E-state index is 11.9. The molecule has 114 valence electrons. The maximum atomic E-state index is 11.9. The van der Waals surface area contributed by atoms with Gasteiger partial charge in [-0.2, -0.15) is 0 Å². The Morgan fingerprint density at radius 2 is 2.05 bits per heavy atom. The van der Waals surface area contributed by atoms with Gasteiger partial charge in [-0.3, -0.25) is 0 Å². The van der Waals surface area contributed by atoms with Crippen molar-refractivity contribution in [2.75, 3.05) is 6.61 Å². The normalized spacial score (nSPS) is 10.8. The van der Waals surface area contributed by atoms with Gasteiger partial charge in [-0.15, -0.1) is 16.4 Å². The molecule has 0 atom stereocenters. The Balaban J connectivity index is 2.24. The fraction of sp³-hybridized carbons (Fsp3) is 0.533. The summed E-state index contributed by atoms with van der Waals surface area (Å²) in [4.78, 5) is 14.5. The van der Waals surface area contributed by atoms with E-state index in [1.54, 1.807) is 18.3 Å². The van der Waals surface area contributed by atoms with Crippen LogP contribution in [-0.4, -0.2) is 27.6 Å². The van der Waals surface area contributed by atoms with Gasteiger partial charge in [0.1, 0.15) is 0 Å². The molecule has 0 radical (unpaired) electrons. The van der Waals surface area contributed by atoms with Gasteiger partial charge in [0.15, 0.2) is 5.69 Å². The molecule has 0 amide bonds. The molecular weight excluding hydrogens is 286 g/mol. The summed E-state index contributed by atoms with van der Waals surface area (Å²) < 4.78 is 6.87. The third kappa shape index (κ3) is 3.69. The van der Waals surface area contributed by atoms with E-state index in [9.17, 15) is 4.79 Å². The number of hydrogen-bond donors (Lipinski definition) is 0. The van der Waals surface area contributed by atoms with E-state index in [1.165, 1.54) is 9.75 Å². The first-order valence-electron chi connectivity index (χ1n) is 7.36. The van der Waals surface area contributed by atoms with Gasteiger partial charge in [0.05, 0.1) is 18.8 Å². The van der Waals surface area contributed by atoms with Crippen molar-refractivity contribution in [1.29, 1.82) is 0 Å². The monoisotopic (exact) mass is 307 g/mol. The molecule has 0 unspecified atom stereocenters. The fourth-order valence-electron chi connectivity index (χ4n) is 2.15. The van der Waals surface area contributed by atoms with E-state index in [4.69, 9.17) is 4.74 Å². The molecule has 5 nitrogen and oxygen atoms in total. The number of rotatable bonds is 7. The Kier molecular flexibility index (Phi) is 5.50. The zero-order valence-electron chi connectivity index (χ0n) is 12.8. The van der Waals surface area contributed by atoms with Gasteiger partial charge < -0.3 is 4.74 Å². The molecule has 0 fully saturated rings. The summed E-state index contributed by atoms with van der Waals surface area (Å²) in [5.74, 6) is -0.382. The molecule has 0 saturated carbocycles. The highest BCUT2D eigenvalue weighted by atomic mass is 32.1. The van der Waals surface area contributed by atoms with Gasteiger partial charge in [-0.1, -0.05) is 25.5 Å². The van der Waals surface area contributed by atoms with Crippen LogP contribution in [0.3, 0.4) is 0 Å². The Labute approximate surface area is 128 Å². The summed E-state index contributed by atoms with van der Waals surface area (Å²) in [6.07, 6.45) is 2.75. The van der Waals surface area contributed by atoms with Gasteiger partial charge in [-0.05, 0) is 31.9 Å². The van der Waals surface area contributed by atoms with Crippen LogP contribution in [0.2, 0.25) is 0 Å². The van der Waals surface area contributed by atoms with Crippen molar-refractivity contribution < 1.29 is 9.53 Å². The molecule has 6 heteroatoms. The highest BCUT2D eigenvalue weighted by Crippen LogP contribution is 2.19. The molecule has 2 aromatic rings. The second-order valence-electron chi connectivity index (χ2n) is 4.73. The number of carbonyl (C=O) groups excluding carboxylic acids is 1.